The van der Waals surface area contributed by atoms with Gasteiger partial charge in [-0.2, -0.15) is 39.5 Å². The number of hydrogen-bond acceptors (Lipinski definition) is 4. The van der Waals surface area contributed by atoms with E-state index >= 15 is 4.39 Å². The van der Waals surface area contributed by atoms with Gasteiger partial charge < -0.3 is 15.0 Å². The average molecular weight is 639 g/mol. The van der Waals surface area contributed by atoms with Gasteiger partial charge in [0.25, 0.3) is 5.56 Å². The SMILES string of the molecule is O=c1cc(C(F)(F)F)nc(-c2c(C(F)(F)F)ccc(CNC(=O)[C@H]3CC[C@H](OCc4cccc(C(F)(F)F)c4)CC3)c2F)[nH]1. The molecular weight excluding hydrogens is 616 g/mol. The first-order valence-corrected chi connectivity index (χ1v) is 13.1. The summed E-state index contributed by atoms with van der Waals surface area (Å²) in [5.74, 6) is -4.06. The van der Waals surface area contributed by atoms with Crippen molar-refractivity contribution in [3.8, 4) is 11.4 Å². The standard InChI is InChI=1S/C28H23F10N3O3/c29-23-16(6-9-19(27(33,34)35)22(23)24-40-20(28(36,37)38)11-21(42)41-24)12-39-25(43)15-4-7-18(8-5-15)44-13-14-2-1-3-17(10-14)26(30,31)32/h1-3,6,9-11,15,18H,4-5,7-8,12-13H2,(H,39,43)(H,40,41,42)/t15-,18-. The van der Waals surface area contributed by atoms with E-state index in [4.69, 9.17) is 4.74 Å². The summed E-state index contributed by atoms with van der Waals surface area (Å²) in [4.78, 5) is 29.2. The van der Waals surface area contributed by atoms with Crippen LogP contribution in [0, 0.1) is 11.7 Å². The number of amides is 1. The maximum absolute atomic E-state index is 15.4. The minimum absolute atomic E-state index is 0.0177. The number of nitrogens with zero attached hydrogens (tertiary/aromatic N) is 1. The number of halogens is 10. The van der Waals surface area contributed by atoms with E-state index in [-0.39, 0.29) is 18.8 Å². The molecule has 4 rings (SSSR count). The predicted molar refractivity (Wildman–Crippen MR) is 134 cm³/mol. The highest BCUT2D eigenvalue weighted by Gasteiger charge is 2.39. The molecule has 0 unspecified atom stereocenters. The van der Waals surface area contributed by atoms with Crippen molar-refractivity contribution in [2.24, 2.45) is 5.92 Å². The summed E-state index contributed by atoms with van der Waals surface area (Å²) < 4.78 is 140. The van der Waals surface area contributed by atoms with Gasteiger partial charge in [-0.25, -0.2) is 9.37 Å². The van der Waals surface area contributed by atoms with E-state index < -0.39 is 82.0 Å². The lowest BCUT2D eigenvalue weighted by molar-refractivity contribution is -0.141. The predicted octanol–water partition coefficient (Wildman–Crippen LogP) is 7.02. The number of aromatic nitrogens is 2. The van der Waals surface area contributed by atoms with Gasteiger partial charge >= 0.3 is 18.5 Å². The number of aromatic amines is 1. The van der Waals surface area contributed by atoms with Crippen LogP contribution in [0.4, 0.5) is 43.9 Å². The highest BCUT2D eigenvalue weighted by Crippen LogP contribution is 2.39. The zero-order valence-electron chi connectivity index (χ0n) is 22.4. The second-order valence-corrected chi connectivity index (χ2v) is 10.1. The van der Waals surface area contributed by atoms with Gasteiger partial charge in [-0.3, -0.25) is 9.59 Å². The van der Waals surface area contributed by atoms with E-state index in [1.54, 1.807) is 4.98 Å². The fraction of sp³-hybridized carbons (Fsp3) is 0.393. The van der Waals surface area contributed by atoms with Crippen LogP contribution in [0.5, 0.6) is 0 Å². The molecule has 2 aromatic carbocycles. The quantitative estimate of drug-likeness (QED) is 0.272. The number of H-pyrrole nitrogens is 1. The van der Waals surface area contributed by atoms with Crippen LogP contribution in [-0.2, 0) is 41.2 Å². The van der Waals surface area contributed by atoms with Crippen LogP contribution in [0.15, 0.2) is 47.3 Å². The van der Waals surface area contributed by atoms with E-state index in [0.29, 0.717) is 43.4 Å². The van der Waals surface area contributed by atoms with Gasteiger partial charge in [-0.05, 0) is 49.4 Å². The number of hydrogen-bond donors (Lipinski definition) is 2. The van der Waals surface area contributed by atoms with Crippen molar-refractivity contribution in [1.29, 1.82) is 0 Å². The molecule has 1 amide bonds. The summed E-state index contributed by atoms with van der Waals surface area (Å²) in [5.41, 5.74) is -7.36. The Morgan fingerprint density at radius 3 is 2.20 bits per heavy atom. The van der Waals surface area contributed by atoms with Crippen molar-refractivity contribution in [2.45, 2.75) is 63.5 Å². The summed E-state index contributed by atoms with van der Waals surface area (Å²) in [6, 6.07) is 5.81. The topological polar surface area (TPSA) is 84.1 Å². The Balaban J connectivity index is 1.41. The molecule has 1 fully saturated rings. The minimum Gasteiger partial charge on any atom is -0.374 e. The summed E-state index contributed by atoms with van der Waals surface area (Å²) in [7, 11) is 0. The number of rotatable bonds is 7. The smallest absolute Gasteiger partial charge is 0.374 e. The third-order valence-corrected chi connectivity index (χ3v) is 7.03. The van der Waals surface area contributed by atoms with Gasteiger partial charge in [0, 0.05) is 24.1 Å². The number of carbonyl (C=O) groups is 1. The Hall–Kier alpha value is -3.95. The minimum atomic E-state index is -5.23. The molecular formula is C28H23F10N3O3. The van der Waals surface area contributed by atoms with Gasteiger partial charge in [0.1, 0.15) is 11.6 Å². The molecule has 0 atom stereocenters. The van der Waals surface area contributed by atoms with Crippen molar-refractivity contribution in [3.63, 3.8) is 0 Å². The first-order valence-electron chi connectivity index (χ1n) is 13.1. The average Bonchev–Trinajstić information content (AvgIpc) is 2.93. The van der Waals surface area contributed by atoms with Crippen molar-refractivity contribution in [3.05, 3.63) is 86.6 Å². The molecule has 1 aliphatic carbocycles. The van der Waals surface area contributed by atoms with E-state index in [9.17, 15) is 49.1 Å². The Morgan fingerprint density at radius 1 is 0.909 bits per heavy atom. The van der Waals surface area contributed by atoms with Gasteiger partial charge in [-0.15, -0.1) is 0 Å². The summed E-state index contributed by atoms with van der Waals surface area (Å²) in [6.45, 7) is -0.696. The molecule has 6 nitrogen and oxygen atoms in total. The molecule has 0 saturated heterocycles. The fourth-order valence-electron chi connectivity index (χ4n) is 4.81. The number of carbonyl (C=O) groups excluding carboxylic acids is 1. The van der Waals surface area contributed by atoms with Crippen LogP contribution in [-0.4, -0.2) is 22.0 Å². The van der Waals surface area contributed by atoms with E-state index in [1.807, 2.05) is 0 Å². The molecule has 16 heteroatoms. The third-order valence-electron chi connectivity index (χ3n) is 7.03. The molecule has 44 heavy (non-hydrogen) atoms. The van der Waals surface area contributed by atoms with E-state index in [1.165, 1.54) is 12.1 Å². The summed E-state index contributed by atoms with van der Waals surface area (Å²) in [5, 5.41) is 2.41. The molecule has 0 spiro atoms. The summed E-state index contributed by atoms with van der Waals surface area (Å²) >= 11 is 0. The van der Waals surface area contributed by atoms with Crippen LogP contribution in [0.3, 0.4) is 0 Å². The van der Waals surface area contributed by atoms with Gasteiger partial charge in [0.2, 0.25) is 5.91 Å². The molecule has 1 aliphatic rings. The van der Waals surface area contributed by atoms with Crippen LogP contribution in [0.25, 0.3) is 11.4 Å². The Labute approximate surface area is 242 Å². The maximum Gasteiger partial charge on any atom is 0.433 e. The molecule has 0 aliphatic heterocycles. The first kappa shape index (κ1) is 33.0. The largest absolute Gasteiger partial charge is 0.433 e. The monoisotopic (exact) mass is 639 g/mol. The fourth-order valence-corrected chi connectivity index (χ4v) is 4.81. The molecule has 1 aromatic heterocycles. The van der Waals surface area contributed by atoms with Crippen LogP contribution in [0.1, 0.15) is 53.6 Å². The normalized spacial score (nSPS) is 17.9. The lowest BCUT2D eigenvalue weighted by atomic mass is 9.86. The Bertz CT molecular complexity index is 1560. The first-order chi connectivity index (χ1) is 20.4. The van der Waals surface area contributed by atoms with Gasteiger partial charge in [0.15, 0.2) is 5.69 Å². The molecule has 1 heterocycles. The Kier molecular flexibility index (Phi) is 9.42. The molecule has 238 valence electrons. The molecule has 3 aromatic rings. The van der Waals surface area contributed by atoms with Crippen molar-refractivity contribution >= 4 is 5.91 Å². The molecule has 1 saturated carbocycles. The zero-order chi connectivity index (χ0) is 32.4. The number of benzene rings is 2. The van der Waals surface area contributed by atoms with Crippen LogP contribution >= 0.6 is 0 Å². The zero-order valence-corrected chi connectivity index (χ0v) is 22.4. The van der Waals surface area contributed by atoms with E-state index in [2.05, 4.69) is 10.3 Å². The highest BCUT2D eigenvalue weighted by atomic mass is 19.4. The Morgan fingerprint density at radius 2 is 1.59 bits per heavy atom. The second kappa shape index (κ2) is 12.6. The molecule has 2 N–H and O–H groups in total. The van der Waals surface area contributed by atoms with Crippen molar-refractivity contribution < 1.29 is 53.4 Å². The lowest BCUT2D eigenvalue weighted by Gasteiger charge is -2.28. The third kappa shape index (κ3) is 7.95. The molecule has 0 bridgehead atoms. The maximum atomic E-state index is 15.4. The summed E-state index contributed by atoms with van der Waals surface area (Å²) in [6.07, 6.45) is -13.9. The van der Waals surface area contributed by atoms with Crippen molar-refractivity contribution in [2.75, 3.05) is 0 Å². The van der Waals surface area contributed by atoms with Gasteiger partial charge in [0.05, 0.1) is 29.4 Å². The van der Waals surface area contributed by atoms with Crippen LogP contribution < -0.4 is 10.9 Å². The second-order valence-electron chi connectivity index (χ2n) is 10.1. The van der Waals surface area contributed by atoms with E-state index in [0.717, 1.165) is 12.1 Å². The van der Waals surface area contributed by atoms with Gasteiger partial charge in [-0.1, -0.05) is 18.2 Å². The number of alkyl halides is 9. The number of ether oxygens (including phenoxy) is 1. The van der Waals surface area contributed by atoms with Crippen molar-refractivity contribution in [1.82, 2.24) is 15.3 Å². The lowest BCUT2D eigenvalue weighted by Crippen LogP contribution is -2.34. The number of nitrogens with one attached hydrogen (secondary N) is 2. The highest BCUT2D eigenvalue weighted by molar-refractivity contribution is 5.78. The molecule has 0 radical (unpaired) electrons. The van der Waals surface area contributed by atoms with Crippen LogP contribution in [0.2, 0.25) is 0 Å².